The van der Waals surface area contributed by atoms with Crippen LogP contribution in [0.4, 0.5) is 0 Å². The largest absolute Gasteiger partial charge is 0.478 e. The molecule has 3 aromatic rings. The molecule has 31 heavy (non-hydrogen) atoms. The fourth-order valence-electron chi connectivity index (χ4n) is 3.07. The normalized spacial score (nSPS) is 10.4. The summed E-state index contributed by atoms with van der Waals surface area (Å²) < 4.78 is 11.8. The van der Waals surface area contributed by atoms with Gasteiger partial charge in [-0.1, -0.05) is 43.9 Å². The number of carboxylic acid groups (broad SMARTS) is 1. The minimum atomic E-state index is -0.995. The molecule has 0 heterocycles. The topological polar surface area (TPSA) is 55.8 Å². The van der Waals surface area contributed by atoms with E-state index in [4.69, 9.17) is 9.47 Å². The van der Waals surface area contributed by atoms with E-state index in [2.05, 4.69) is 37.8 Å². The number of carboxylic acids is 1. The molecule has 158 valence electrons. The maximum Gasteiger partial charge on any atom is 0.335 e. The summed E-state index contributed by atoms with van der Waals surface area (Å²) in [6, 6.07) is 18.7. The fraction of sp³-hybridized carbons (Fsp3) is 0.222. The van der Waals surface area contributed by atoms with Crippen molar-refractivity contribution in [3.8, 4) is 29.1 Å². The summed E-state index contributed by atoms with van der Waals surface area (Å²) >= 11 is 0. The lowest BCUT2D eigenvalue weighted by molar-refractivity contribution is 0.0696. The van der Waals surface area contributed by atoms with Crippen LogP contribution in [0, 0.1) is 25.7 Å². The monoisotopic (exact) mass is 414 g/mol. The van der Waals surface area contributed by atoms with Gasteiger partial charge in [0.05, 0.1) is 5.56 Å². The molecule has 4 heteroatoms. The molecule has 0 fully saturated rings. The van der Waals surface area contributed by atoms with Gasteiger partial charge in [-0.15, -0.1) is 0 Å². The van der Waals surface area contributed by atoms with Gasteiger partial charge in [-0.2, -0.15) is 0 Å². The van der Waals surface area contributed by atoms with E-state index in [0.29, 0.717) is 23.2 Å². The molecule has 4 nitrogen and oxygen atoms in total. The van der Waals surface area contributed by atoms with E-state index in [1.54, 1.807) is 12.1 Å². The van der Waals surface area contributed by atoms with Crippen molar-refractivity contribution in [3.05, 3.63) is 88.5 Å². The minimum absolute atomic E-state index is 0.180. The van der Waals surface area contributed by atoms with Crippen molar-refractivity contribution < 1.29 is 19.4 Å². The molecule has 0 aliphatic rings. The van der Waals surface area contributed by atoms with Gasteiger partial charge < -0.3 is 14.6 Å². The summed E-state index contributed by atoms with van der Waals surface area (Å²) in [6.45, 7) is 8.33. The second-order valence-electron chi connectivity index (χ2n) is 7.76. The first kappa shape index (κ1) is 22.0. The Kier molecular flexibility index (Phi) is 6.99. The molecule has 1 N–H and O–H groups in total. The standard InChI is InChI=1S/C27H26O4/c1-18(2)22-10-8-21(9-11-22)6-5-13-30-26-16-19(3)7-12-25(26)31-24-15-20(4)14-23(17-24)27(28)29/h7-12,14-18H,13H2,1-4H3,(H,28,29). The highest BCUT2D eigenvalue weighted by Gasteiger charge is 2.10. The van der Waals surface area contributed by atoms with Crippen LogP contribution in [0.2, 0.25) is 0 Å². The number of hydrogen-bond donors (Lipinski definition) is 1. The predicted molar refractivity (Wildman–Crippen MR) is 122 cm³/mol. The maximum absolute atomic E-state index is 11.3. The zero-order valence-corrected chi connectivity index (χ0v) is 18.2. The highest BCUT2D eigenvalue weighted by molar-refractivity contribution is 5.88. The number of rotatable bonds is 6. The second kappa shape index (κ2) is 9.86. The number of aryl methyl sites for hydroxylation is 2. The molecule has 0 unspecified atom stereocenters. The van der Waals surface area contributed by atoms with Gasteiger partial charge in [0.2, 0.25) is 0 Å². The lowest BCUT2D eigenvalue weighted by atomic mass is 10.0. The quantitative estimate of drug-likeness (QED) is 0.478. The molecule has 0 aromatic heterocycles. The van der Waals surface area contributed by atoms with E-state index < -0.39 is 5.97 Å². The predicted octanol–water partition coefficient (Wildman–Crippen LogP) is 6.35. The van der Waals surface area contributed by atoms with Crippen LogP contribution in [-0.2, 0) is 0 Å². The van der Waals surface area contributed by atoms with Gasteiger partial charge >= 0.3 is 5.97 Å². The molecule has 0 spiro atoms. The SMILES string of the molecule is Cc1cc(Oc2ccc(C)cc2OCC#Cc2ccc(C(C)C)cc2)cc(C(=O)O)c1. The average Bonchev–Trinajstić information content (AvgIpc) is 2.73. The Morgan fingerprint density at radius 1 is 0.935 bits per heavy atom. The van der Waals surface area contributed by atoms with E-state index in [1.807, 2.05) is 44.2 Å². The van der Waals surface area contributed by atoms with Gasteiger partial charge in [-0.05, 0) is 78.9 Å². The molecule has 0 saturated carbocycles. The average molecular weight is 415 g/mol. The van der Waals surface area contributed by atoms with Crippen molar-refractivity contribution in [2.45, 2.75) is 33.6 Å². The summed E-state index contributed by atoms with van der Waals surface area (Å²) in [5, 5.41) is 9.27. The van der Waals surface area contributed by atoms with Crippen LogP contribution in [0.3, 0.4) is 0 Å². The van der Waals surface area contributed by atoms with Crippen molar-refractivity contribution in [3.63, 3.8) is 0 Å². The molecule has 3 rings (SSSR count). The highest BCUT2D eigenvalue weighted by Crippen LogP contribution is 2.33. The summed E-state index contributed by atoms with van der Waals surface area (Å²) in [5.74, 6) is 7.16. The van der Waals surface area contributed by atoms with Gasteiger partial charge in [0.1, 0.15) is 12.4 Å². The maximum atomic E-state index is 11.3. The Bertz CT molecular complexity index is 1130. The first-order valence-electron chi connectivity index (χ1n) is 10.2. The Morgan fingerprint density at radius 2 is 1.68 bits per heavy atom. The lowest BCUT2D eigenvalue weighted by Crippen LogP contribution is -2.00. The smallest absolute Gasteiger partial charge is 0.335 e. The summed E-state index contributed by atoms with van der Waals surface area (Å²) in [6.07, 6.45) is 0. The zero-order chi connectivity index (χ0) is 22.4. The van der Waals surface area contributed by atoms with E-state index >= 15 is 0 Å². The van der Waals surface area contributed by atoms with Gasteiger partial charge in [-0.3, -0.25) is 0 Å². The van der Waals surface area contributed by atoms with Crippen molar-refractivity contribution >= 4 is 5.97 Å². The molecule has 0 aliphatic heterocycles. The van der Waals surface area contributed by atoms with Gasteiger partial charge in [0, 0.05) is 5.56 Å². The molecule has 0 atom stereocenters. The molecule has 0 bridgehead atoms. The highest BCUT2D eigenvalue weighted by atomic mass is 16.5. The summed E-state index contributed by atoms with van der Waals surface area (Å²) in [5.41, 5.74) is 4.23. The molecular formula is C27H26O4. The lowest BCUT2D eigenvalue weighted by Gasteiger charge is -2.13. The van der Waals surface area contributed by atoms with Crippen molar-refractivity contribution in [1.29, 1.82) is 0 Å². The van der Waals surface area contributed by atoms with Crippen molar-refractivity contribution in [2.75, 3.05) is 6.61 Å². The molecule has 0 saturated heterocycles. The molecular weight excluding hydrogens is 388 g/mol. The van der Waals surface area contributed by atoms with Gasteiger partial charge in [0.25, 0.3) is 0 Å². The van der Waals surface area contributed by atoms with Crippen LogP contribution < -0.4 is 9.47 Å². The third-order valence-corrected chi connectivity index (χ3v) is 4.73. The third kappa shape index (κ3) is 6.13. The van der Waals surface area contributed by atoms with Crippen LogP contribution in [0.15, 0.2) is 60.7 Å². The Hall–Kier alpha value is -3.71. The van der Waals surface area contributed by atoms with Crippen molar-refractivity contribution in [2.24, 2.45) is 0 Å². The number of aromatic carboxylic acids is 1. The van der Waals surface area contributed by atoms with Gasteiger partial charge in [0.15, 0.2) is 11.5 Å². The van der Waals surface area contributed by atoms with Crippen LogP contribution in [0.1, 0.15) is 52.4 Å². The molecule has 0 aliphatic carbocycles. The fourth-order valence-corrected chi connectivity index (χ4v) is 3.07. The third-order valence-electron chi connectivity index (χ3n) is 4.73. The van der Waals surface area contributed by atoms with E-state index in [9.17, 15) is 9.90 Å². The Balaban J connectivity index is 1.73. The zero-order valence-electron chi connectivity index (χ0n) is 18.2. The van der Waals surface area contributed by atoms with Crippen LogP contribution in [0.25, 0.3) is 0 Å². The van der Waals surface area contributed by atoms with Gasteiger partial charge in [-0.25, -0.2) is 4.79 Å². The van der Waals surface area contributed by atoms with Crippen LogP contribution >= 0.6 is 0 Å². The first-order chi connectivity index (χ1) is 14.8. The van der Waals surface area contributed by atoms with E-state index in [0.717, 1.165) is 16.7 Å². The van der Waals surface area contributed by atoms with Crippen LogP contribution in [0.5, 0.6) is 17.2 Å². The number of carbonyl (C=O) groups is 1. The molecule has 3 aromatic carbocycles. The Labute approximate surface area is 183 Å². The van der Waals surface area contributed by atoms with Crippen LogP contribution in [-0.4, -0.2) is 17.7 Å². The first-order valence-corrected chi connectivity index (χ1v) is 10.2. The van der Waals surface area contributed by atoms with Crippen molar-refractivity contribution in [1.82, 2.24) is 0 Å². The van der Waals surface area contributed by atoms with E-state index in [1.165, 1.54) is 11.6 Å². The number of hydrogen-bond acceptors (Lipinski definition) is 3. The number of ether oxygens (including phenoxy) is 2. The summed E-state index contributed by atoms with van der Waals surface area (Å²) in [7, 11) is 0. The van der Waals surface area contributed by atoms with E-state index in [-0.39, 0.29) is 12.2 Å². The summed E-state index contributed by atoms with van der Waals surface area (Å²) in [4.78, 5) is 11.3. The minimum Gasteiger partial charge on any atom is -0.478 e. The number of benzene rings is 3. The molecule has 0 amide bonds. The molecule has 0 radical (unpaired) electrons. The Morgan fingerprint density at radius 3 is 2.35 bits per heavy atom. The second-order valence-corrected chi connectivity index (χ2v) is 7.76.